The molecule has 132 valence electrons. The number of carbonyl (C=O) groups excluding carboxylic acids is 1. The lowest BCUT2D eigenvalue weighted by Crippen LogP contribution is -2.25. The van der Waals surface area contributed by atoms with Gasteiger partial charge in [-0.3, -0.25) is 4.79 Å². The second-order valence-corrected chi connectivity index (χ2v) is 6.84. The van der Waals surface area contributed by atoms with E-state index < -0.39 is 0 Å². The lowest BCUT2D eigenvalue weighted by molar-refractivity contribution is 0.0952. The summed E-state index contributed by atoms with van der Waals surface area (Å²) in [5, 5.41) is 7.37. The van der Waals surface area contributed by atoms with Gasteiger partial charge in [0.2, 0.25) is 0 Å². The highest BCUT2D eigenvalue weighted by Gasteiger charge is 2.24. The Kier molecular flexibility index (Phi) is 4.82. The van der Waals surface area contributed by atoms with Crippen LogP contribution in [0.15, 0.2) is 60.7 Å². The Bertz CT molecular complexity index is 904. The number of para-hydroxylation sites is 1. The van der Waals surface area contributed by atoms with Gasteiger partial charge in [0.05, 0.1) is 11.1 Å². The molecule has 4 rings (SSSR count). The van der Waals surface area contributed by atoms with E-state index in [1.54, 1.807) is 0 Å². The molecule has 0 radical (unpaired) electrons. The molecule has 0 unspecified atom stereocenters. The lowest BCUT2D eigenvalue weighted by Gasteiger charge is -2.11. The van der Waals surface area contributed by atoms with Crippen LogP contribution < -0.4 is 10.6 Å². The summed E-state index contributed by atoms with van der Waals surface area (Å²) in [6, 6.07) is 20.5. The molecule has 3 aromatic rings. The molecule has 2 N–H and O–H groups in total. The van der Waals surface area contributed by atoms with Crippen LogP contribution in [0.25, 0.3) is 10.9 Å². The molecule has 1 aliphatic rings. The monoisotopic (exact) mass is 345 g/mol. The minimum atomic E-state index is -0.00145. The third kappa shape index (κ3) is 4.02. The van der Waals surface area contributed by atoms with Crippen molar-refractivity contribution in [1.82, 2.24) is 10.3 Å². The second kappa shape index (κ2) is 7.56. The minimum Gasteiger partial charge on any atom is -0.370 e. The number of nitrogens with zero attached hydrogens (tertiary/aromatic N) is 1. The fourth-order valence-electron chi connectivity index (χ4n) is 3.10. The molecule has 1 fully saturated rings. The first-order valence-electron chi connectivity index (χ1n) is 9.28. The SMILES string of the molecule is O=C(NC1CC1)c1cc(NCCCc2ccccc2)nc2ccccc12. The molecule has 1 aliphatic carbocycles. The molecule has 0 saturated heterocycles. The number of fused-ring (bicyclic) bond motifs is 1. The van der Waals surface area contributed by atoms with Gasteiger partial charge in [0, 0.05) is 18.0 Å². The highest BCUT2D eigenvalue weighted by Crippen LogP contribution is 2.24. The van der Waals surface area contributed by atoms with E-state index in [1.165, 1.54) is 5.56 Å². The van der Waals surface area contributed by atoms with E-state index in [0.717, 1.165) is 48.9 Å². The van der Waals surface area contributed by atoms with Crippen molar-refractivity contribution < 1.29 is 4.79 Å². The van der Waals surface area contributed by atoms with E-state index in [0.29, 0.717) is 11.6 Å². The third-order valence-electron chi connectivity index (χ3n) is 4.66. The van der Waals surface area contributed by atoms with Crippen LogP contribution in [0.1, 0.15) is 35.2 Å². The first-order valence-corrected chi connectivity index (χ1v) is 9.28. The van der Waals surface area contributed by atoms with Gasteiger partial charge < -0.3 is 10.6 Å². The van der Waals surface area contributed by atoms with Crippen LogP contribution in [0.3, 0.4) is 0 Å². The summed E-state index contributed by atoms with van der Waals surface area (Å²) < 4.78 is 0. The Balaban J connectivity index is 1.46. The maximum absolute atomic E-state index is 12.6. The van der Waals surface area contributed by atoms with Gasteiger partial charge in [-0.25, -0.2) is 4.98 Å². The molecule has 4 nitrogen and oxygen atoms in total. The number of pyridine rings is 1. The highest BCUT2D eigenvalue weighted by molar-refractivity contribution is 6.07. The average Bonchev–Trinajstić information content (AvgIpc) is 3.49. The zero-order chi connectivity index (χ0) is 17.8. The number of hydrogen-bond donors (Lipinski definition) is 2. The Morgan fingerprint density at radius 1 is 1.04 bits per heavy atom. The van der Waals surface area contributed by atoms with E-state index in [2.05, 4.69) is 39.9 Å². The first-order chi connectivity index (χ1) is 12.8. The quantitative estimate of drug-likeness (QED) is 0.632. The van der Waals surface area contributed by atoms with Crippen molar-refractivity contribution in [1.29, 1.82) is 0 Å². The van der Waals surface area contributed by atoms with E-state index in [1.807, 2.05) is 36.4 Å². The summed E-state index contributed by atoms with van der Waals surface area (Å²) in [6.45, 7) is 0.823. The van der Waals surface area contributed by atoms with Crippen LogP contribution in [0, 0.1) is 0 Å². The number of nitrogens with one attached hydrogen (secondary N) is 2. The summed E-state index contributed by atoms with van der Waals surface area (Å²) in [5.74, 6) is 0.760. The fraction of sp³-hybridized carbons (Fsp3) is 0.273. The van der Waals surface area contributed by atoms with Gasteiger partial charge in [0.1, 0.15) is 5.82 Å². The van der Waals surface area contributed by atoms with Crippen LogP contribution in [0.5, 0.6) is 0 Å². The summed E-state index contributed by atoms with van der Waals surface area (Å²) in [5.41, 5.74) is 2.89. The van der Waals surface area contributed by atoms with Crippen molar-refractivity contribution in [2.75, 3.05) is 11.9 Å². The lowest BCUT2D eigenvalue weighted by atomic mass is 10.1. The highest BCUT2D eigenvalue weighted by atomic mass is 16.1. The molecular formula is C22H23N3O. The normalized spacial score (nSPS) is 13.5. The Hall–Kier alpha value is -2.88. The Morgan fingerprint density at radius 2 is 1.81 bits per heavy atom. The Labute approximate surface area is 153 Å². The first kappa shape index (κ1) is 16.6. The van der Waals surface area contributed by atoms with Crippen LogP contribution in [-0.2, 0) is 6.42 Å². The van der Waals surface area contributed by atoms with Gasteiger partial charge >= 0.3 is 0 Å². The number of anilines is 1. The van der Waals surface area contributed by atoms with Gasteiger partial charge in [-0.1, -0.05) is 48.5 Å². The largest absolute Gasteiger partial charge is 0.370 e. The molecule has 26 heavy (non-hydrogen) atoms. The number of rotatable bonds is 7. The van der Waals surface area contributed by atoms with Crippen molar-refractivity contribution in [2.24, 2.45) is 0 Å². The molecule has 0 aliphatic heterocycles. The number of aryl methyl sites for hydroxylation is 1. The average molecular weight is 345 g/mol. The van der Waals surface area contributed by atoms with Crippen LogP contribution in [0.4, 0.5) is 5.82 Å². The van der Waals surface area contributed by atoms with Crippen molar-refractivity contribution in [3.05, 3.63) is 71.8 Å². The van der Waals surface area contributed by atoms with Crippen molar-refractivity contribution in [2.45, 2.75) is 31.7 Å². The van der Waals surface area contributed by atoms with Crippen LogP contribution >= 0.6 is 0 Å². The number of carbonyl (C=O) groups is 1. The van der Waals surface area contributed by atoms with Crippen LogP contribution in [-0.4, -0.2) is 23.5 Å². The van der Waals surface area contributed by atoms with Crippen molar-refractivity contribution in [3.63, 3.8) is 0 Å². The third-order valence-corrected chi connectivity index (χ3v) is 4.66. The standard InChI is InChI=1S/C22H23N3O/c26-22(24-17-12-13-17)19-15-21(25-20-11-5-4-10-18(19)20)23-14-6-9-16-7-2-1-3-8-16/h1-5,7-8,10-11,15,17H,6,9,12-14H2,(H,23,25)(H,24,26). The maximum Gasteiger partial charge on any atom is 0.252 e. The van der Waals surface area contributed by atoms with Crippen LogP contribution in [0.2, 0.25) is 0 Å². The Morgan fingerprint density at radius 3 is 2.62 bits per heavy atom. The molecule has 1 amide bonds. The summed E-state index contributed by atoms with van der Waals surface area (Å²) in [6.07, 6.45) is 4.21. The number of benzene rings is 2. The number of amides is 1. The van der Waals surface area contributed by atoms with Gasteiger partial charge in [-0.15, -0.1) is 0 Å². The van der Waals surface area contributed by atoms with Gasteiger partial charge in [0.25, 0.3) is 5.91 Å². The van der Waals surface area contributed by atoms with E-state index in [-0.39, 0.29) is 5.91 Å². The summed E-state index contributed by atoms with van der Waals surface area (Å²) >= 11 is 0. The van der Waals surface area contributed by atoms with Crippen molar-refractivity contribution in [3.8, 4) is 0 Å². The topological polar surface area (TPSA) is 54.0 Å². The number of aromatic nitrogens is 1. The molecule has 0 spiro atoms. The molecule has 2 aromatic carbocycles. The molecule has 0 atom stereocenters. The predicted molar refractivity (Wildman–Crippen MR) is 105 cm³/mol. The zero-order valence-electron chi connectivity index (χ0n) is 14.7. The zero-order valence-corrected chi connectivity index (χ0v) is 14.7. The smallest absolute Gasteiger partial charge is 0.252 e. The summed E-state index contributed by atoms with van der Waals surface area (Å²) in [4.78, 5) is 17.3. The summed E-state index contributed by atoms with van der Waals surface area (Å²) in [7, 11) is 0. The molecule has 0 bridgehead atoms. The molecular weight excluding hydrogens is 322 g/mol. The molecule has 4 heteroatoms. The van der Waals surface area contributed by atoms with E-state index in [4.69, 9.17) is 0 Å². The van der Waals surface area contributed by atoms with Gasteiger partial charge in [0.15, 0.2) is 0 Å². The van der Waals surface area contributed by atoms with E-state index >= 15 is 0 Å². The second-order valence-electron chi connectivity index (χ2n) is 6.84. The molecule has 1 saturated carbocycles. The van der Waals surface area contributed by atoms with Crippen molar-refractivity contribution >= 4 is 22.6 Å². The molecule has 1 heterocycles. The molecule has 1 aromatic heterocycles. The number of hydrogen-bond acceptors (Lipinski definition) is 3. The maximum atomic E-state index is 12.6. The van der Waals surface area contributed by atoms with E-state index in [9.17, 15) is 4.79 Å². The predicted octanol–water partition coefficient (Wildman–Crippen LogP) is 4.17. The van der Waals surface area contributed by atoms with Gasteiger partial charge in [-0.2, -0.15) is 0 Å². The minimum absolute atomic E-state index is 0.00145. The fourth-order valence-corrected chi connectivity index (χ4v) is 3.10. The van der Waals surface area contributed by atoms with Gasteiger partial charge in [-0.05, 0) is 43.4 Å².